The Morgan fingerprint density at radius 3 is 1.88 bits per heavy atom. The molecule has 0 saturated carbocycles. The van der Waals surface area contributed by atoms with Crippen molar-refractivity contribution in [3.63, 3.8) is 0 Å². The lowest BCUT2D eigenvalue weighted by atomic mass is 10.2. The van der Waals surface area contributed by atoms with Crippen LogP contribution < -0.4 is 9.47 Å². The lowest BCUT2D eigenvalue weighted by Gasteiger charge is -2.09. The van der Waals surface area contributed by atoms with Gasteiger partial charge in [0.05, 0.1) is 5.56 Å². The molecule has 138 valence electrons. The molecule has 0 spiro atoms. The van der Waals surface area contributed by atoms with E-state index in [0.717, 1.165) is 5.57 Å². The number of hydrogen-bond acceptors (Lipinski definition) is 3. The Morgan fingerprint density at radius 2 is 1.38 bits per heavy atom. The minimum Gasteiger partial charge on any atom is -0.490 e. The van der Waals surface area contributed by atoms with Gasteiger partial charge in [0.15, 0.2) is 0 Å². The molecule has 0 amide bonds. The van der Waals surface area contributed by atoms with Gasteiger partial charge in [-0.05, 0) is 44.2 Å². The van der Waals surface area contributed by atoms with Crippen molar-refractivity contribution < 1.29 is 36.2 Å². The van der Waals surface area contributed by atoms with Gasteiger partial charge < -0.3 is 9.47 Å². The first-order valence-corrected chi connectivity index (χ1v) is 7.32. The summed E-state index contributed by atoms with van der Waals surface area (Å²) in [6.07, 6.45) is 1.82. The van der Waals surface area contributed by atoms with Gasteiger partial charge in [-0.3, -0.25) is 0 Å². The molecule has 0 aliphatic heterocycles. The van der Waals surface area contributed by atoms with E-state index in [9.17, 15) is 26.7 Å². The van der Waals surface area contributed by atoms with Gasteiger partial charge in [-0.25, -0.2) is 18.0 Å². The standard InChI is InChI=1S/C18H13F5O3/c1-9(2)7-8-25-11-5-3-10(4-6-11)18(24)26-17-15(22)13(20)12(19)14(21)16(17)23/h3-7H,8H2,1-2H3. The summed E-state index contributed by atoms with van der Waals surface area (Å²) in [6, 6.07) is 5.25. The SMILES string of the molecule is CC(C)=CCOc1ccc(C(=O)Oc2c(F)c(F)c(F)c(F)c2F)cc1. The number of carbonyl (C=O) groups excluding carboxylic acids is 1. The minimum atomic E-state index is -2.34. The lowest BCUT2D eigenvalue weighted by Crippen LogP contribution is -2.13. The number of hydrogen-bond donors (Lipinski definition) is 0. The van der Waals surface area contributed by atoms with Crippen LogP contribution in [-0.2, 0) is 0 Å². The van der Waals surface area contributed by atoms with Crippen molar-refractivity contribution in [1.29, 1.82) is 0 Å². The van der Waals surface area contributed by atoms with Crippen LogP contribution in [0.3, 0.4) is 0 Å². The van der Waals surface area contributed by atoms with Crippen molar-refractivity contribution in [2.75, 3.05) is 6.61 Å². The monoisotopic (exact) mass is 372 g/mol. The molecule has 26 heavy (non-hydrogen) atoms. The molecule has 0 heterocycles. The van der Waals surface area contributed by atoms with Crippen LogP contribution in [0.2, 0.25) is 0 Å². The average Bonchev–Trinajstić information content (AvgIpc) is 2.62. The van der Waals surface area contributed by atoms with E-state index in [1.54, 1.807) is 0 Å². The maximum absolute atomic E-state index is 13.5. The van der Waals surface area contributed by atoms with Crippen molar-refractivity contribution in [2.24, 2.45) is 0 Å². The maximum atomic E-state index is 13.5. The van der Waals surface area contributed by atoms with Gasteiger partial charge in [0, 0.05) is 0 Å². The number of rotatable bonds is 5. The van der Waals surface area contributed by atoms with Gasteiger partial charge in [-0.2, -0.15) is 8.78 Å². The molecule has 0 unspecified atom stereocenters. The second-order valence-corrected chi connectivity index (χ2v) is 5.41. The Morgan fingerprint density at radius 1 is 0.885 bits per heavy atom. The maximum Gasteiger partial charge on any atom is 0.343 e. The Hall–Kier alpha value is -2.90. The van der Waals surface area contributed by atoms with E-state index in [-0.39, 0.29) is 5.56 Å². The fourth-order valence-corrected chi connectivity index (χ4v) is 1.82. The van der Waals surface area contributed by atoms with Gasteiger partial charge in [0.2, 0.25) is 34.8 Å². The molecule has 8 heteroatoms. The van der Waals surface area contributed by atoms with Gasteiger partial charge >= 0.3 is 5.97 Å². The second kappa shape index (κ2) is 7.99. The second-order valence-electron chi connectivity index (χ2n) is 5.41. The van der Waals surface area contributed by atoms with Crippen LogP contribution in [-0.4, -0.2) is 12.6 Å². The number of benzene rings is 2. The average molecular weight is 372 g/mol. The number of halogens is 5. The summed E-state index contributed by atoms with van der Waals surface area (Å²) >= 11 is 0. The van der Waals surface area contributed by atoms with E-state index >= 15 is 0 Å². The zero-order valence-electron chi connectivity index (χ0n) is 13.7. The van der Waals surface area contributed by atoms with E-state index in [0.29, 0.717) is 12.4 Å². The largest absolute Gasteiger partial charge is 0.490 e. The molecule has 0 aromatic heterocycles. The number of allylic oxidation sites excluding steroid dienone is 1. The fraction of sp³-hybridized carbons (Fsp3) is 0.167. The summed E-state index contributed by atoms with van der Waals surface area (Å²) in [6.45, 7) is 4.08. The number of esters is 1. The third-order valence-electron chi connectivity index (χ3n) is 3.20. The minimum absolute atomic E-state index is 0.163. The summed E-state index contributed by atoms with van der Waals surface area (Å²) in [4.78, 5) is 11.9. The molecule has 0 aliphatic rings. The van der Waals surface area contributed by atoms with Crippen molar-refractivity contribution in [2.45, 2.75) is 13.8 Å². The van der Waals surface area contributed by atoms with Crippen LogP contribution in [0.4, 0.5) is 22.0 Å². The Labute approximate surface area is 145 Å². The predicted molar refractivity (Wildman–Crippen MR) is 82.6 cm³/mol. The molecule has 0 radical (unpaired) electrons. The lowest BCUT2D eigenvalue weighted by molar-refractivity contribution is 0.0716. The van der Waals surface area contributed by atoms with Crippen molar-refractivity contribution in [3.8, 4) is 11.5 Å². The van der Waals surface area contributed by atoms with E-state index in [2.05, 4.69) is 4.74 Å². The fourth-order valence-electron chi connectivity index (χ4n) is 1.82. The molecule has 0 saturated heterocycles. The summed E-state index contributed by atoms with van der Waals surface area (Å²) in [5, 5.41) is 0. The summed E-state index contributed by atoms with van der Waals surface area (Å²) in [7, 11) is 0. The molecule has 0 aliphatic carbocycles. The number of ether oxygens (including phenoxy) is 2. The first-order chi connectivity index (χ1) is 12.2. The highest BCUT2D eigenvalue weighted by Gasteiger charge is 2.28. The Kier molecular flexibility index (Phi) is 5.97. The summed E-state index contributed by atoms with van der Waals surface area (Å²) in [5.74, 6) is -13.7. The molecule has 0 N–H and O–H groups in total. The highest BCUT2D eigenvalue weighted by molar-refractivity contribution is 5.91. The van der Waals surface area contributed by atoms with Crippen molar-refractivity contribution in [1.82, 2.24) is 0 Å². The third kappa shape index (κ3) is 4.19. The van der Waals surface area contributed by atoms with Crippen molar-refractivity contribution in [3.05, 3.63) is 70.6 Å². The molecule has 0 fully saturated rings. The third-order valence-corrected chi connectivity index (χ3v) is 3.20. The molecule has 2 aromatic carbocycles. The van der Waals surface area contributed by atoms with Crippen LogP contribution in [0.1, 0.15) is 24.2 Å². The number of carbonyl (C=O) groups is 1. The highest BCUT2D eigenvalue weighted by Crippen LogP contribution is 2.29. The zero-order chi connectivity index (χ0) is 19.4. The van der Waals surface area contributed by atoms with Crippen LogP contribution in [0, 0.1) is 29.1 Å². The van der Waals surface area contributed by atoms with E-state index in [1.807, 2.05) is 19.9 Å². The van der Waals surface area contributed by atoms with Crippen LogP contribution in [0.5, 0.6) is 11.5 Å². The predicted octanol–water partition coefficient (Wildman–Crippen LogP) is 4.95. The quantitative estimate of drug-likeness (QED) is 0.186. The Balaban J connectivity index is 2.17. The first-order valence-electron chi connectivity index (χ1n) is 7.32. The molecule has 3 nitrogen and oxygen atoms in total. The van der Waals surface area contributed by atoms with Gasteiger partial charge in [0.25, 0.3) is 0 Å². The molecule has 0 bridgehead atoms. The first kappa shape index (κ1) is 19.4. The van der Waals surface area contributed by atoms with Gasteiger partial charge in [-0.15, -0.1) is 0 Å². The Bertz CT molecular complexity index is 827. The topological polar surface area (TPSA) is 35.5 Å². The molecule has 2 rings (SSSR count). The summed E-state index contributed by atoms with van der Waals surface area (Å²) < 4.78 is 75.9. The van der Waals surface area contributed by atoms with Gasteiger partial charge in [0.1, 0.15) is 12.4 Å². The molecule has 0 atom stereocenters. The highest BCUT2D eigenvalue weighted by atomic mass is 19.2. The van der Waals surface area contributed by atoms with Crippen molar-refractivity contribution >= 4 is 5.97 Å². The molecular formula is C18H13F5O3. The normalized spacial score (nSPS) is 10.4. The zero-order valence-corrected chi connectivity index (χ0v) is 13.7. The van der Waals surface area contributed by atoms with E-state index < -0.39 is 40.8 Å². The molecular weight excluding hydrogens is 359 g/mol. The van der Waals surface area contributed by atoms with Crippen LogP contribution in [0.25, 0.3) is 0 Å². The van der Waals surface area contributed by atoms with Crippen LogP contribution in [0.15, 0.2) is 35.9 Å². The van der Waals surface area contributed by atoms with E-state index in [4.69, 9.17) is 4.74 Å². The van der Waals surface area contributed by atoms with Crippen LogP contribution >= 0.6 is 0 Å². The van der Waals surface area contributed by atoms with Gasteiger partial charge in [-0.1, -0.05) is 5.57 Å². The van der Waals surface area contributed by atoms with E-state index in [1.165, 1.54) is 24.3 Å². The molecule has 2 aromatic rings. The smallest absolute Gasteiger partial charge is 0.343 e. The summed E-state index contributed by atoms with van der Waals surface area (Å²) in [5.41, 5.74) is 0.886.